The highest BCUT2D eigenvalue weighted by molar-refractivity contribution is 7.94. The molecule has 25 heavy (non-hydrogen) atoms. The lowest BCUT2D eigenvalue weighted by atomic mass is 10.1. The fourth-order valence-corrected chi connectivity index (χ4v) is 5.55. The molecule has 0 aliphatic rings. The van der Waals surface area contributed by atoms with E-state index in [9.17, 15) is 8.42 Å². The van der Waals surface area contributed by atoms with Crippen molar-refractivity contribution in [2.45, 2.75) is 24.6 Å². The second kappa shape index (κ2) is 5.89. The molecule has 2 heterocycles. The first-order chi connectivity index (χ1) is 12.0. The molecule has 4 nitrogen and oxygen atoms in total. The van der Waals surface area contributed by atoms with Crippen molar-refractivity contribution in [1.29, 1.82) is 0 Å². The van der Waals surface area contributed by atoms with Gasteiger partial charge in [-0.2, -0.15) is 0 Å². The molecule has 0 unspecified atom stereocenters. The average molecular weight is 370 g/mol. The van der Waals surface area contributed by atoms with Gasteiger partial charge in [0.2, 0.25) is 0 Å². The summed E-state index contributed by atoms with van der Waals surface area (Å²) in [6, 6.07) is 17.4. The maximum Gasteiger partial charge on any atom is 0.271 e. The molecule has 0 radical (unpaired) electrons. The van der Waals surface area contributed by atoms with Gasteiger partial charge in [0, 0.05) is 38.9 Å². The molecule has 0 bridgehead atoms. The summed E-state index contributed by atoms with van der Waals surface area (Å²) in [5, 5.41) is 2.19. The normalized spacial score (nSPS) is 12.1. The molecule has 2 aromatic heterocycles. The molecular formula is C19H18N2O2S2. The van der Waals surface area contributed by atoms with Crippen molar-refractivity contribution >= 4 is 48.9 Å². The Balaban J connectivity index is 1.83. The number of rotatable bonds is 4. The number of hydrogen-bond acceptors (Lipinski definition) is 3. The summed E-state index contributed by atoms with van der Waals surface area (Å²) in [4.78, 5) is 0.974. The minimum atomic E-state index is -3.55. The zero-order chi connectivity index (χ0) is 17.6. The van der Waals surface area contributed by atoms with E-state index >= 15 is 0 Å². The minimum Gasteiger partial charge on any atom is -0.341 e. The van der Waals surface area contributed by atoms with Gasteiger partial charge >= 0.3 is 0 Å². The topological polar surface area (TPSA) is 51.1 Å². The van der Waals surface area contributed by atoms with Crippen LogP contribution in [0.25, 0.3) is 21.8 Å². The van der Waals surface area contributed by atoms with Crippen LogP contribution < -0.4 is 4.72 Å². The van der Waals surface area contributed by atoms with Crippen LogP contribution in [-0.4, -0.2) is 13.0 Å². The van der Waals surface area contributed by atoms with Crippen LogP contribution in [0.5, 0.6) is 0 Å². The van der Waals surface area contributed by atoms with Crippen LogP contribution in [0.1, 0.15) is 11.8 Å². The summed E-state index contributed by atoms with van der Waals surface area (Å²) >= 11 is 1.27. The van der Waals surface area contributed by atoms with E-state index < -0.39 is 10.0 Å². The molecule has 0 saturated carbocycles. The monoisotopic (exact) mass is 370 g/mol. The van der Waals surface area contributed by atoms with Crippen molar-refractivity contribution in [2.75, 3.05) is 4.72 Å². The van der Waals surface area contributed by atoms with Crippen molar-refractivity contribution in [1.82, 2.24) is 4.57 Å². The van der Waals surface area contributed by atoms with Crippen molar-refractivity contribution in [3.63, 3.8) is 0 Å². The lowest BCUT2D eigenvalue weighted by molar-refractivity contribution is 0.603. The maximum atomic E-state index is 12.6. The Hall–Kier alpha value is -2.31. The van der Waals surface area contributed by atoms with Gasteiger partial charge in [-0.15, -0.1) is 11.3 Å². The number of nitrogens with one attached hydrogen (secondary N) is 1. The molecule has 2 aromatic carbocycles. The van der Waals surface area contributed by atoms with Gasteiger partial charge in [0.05, 0.1) is 0 Å². The zero-order valence-electron chi connectivity index (χ0n) is 14.0. The fraction of sp³-hybridized carbons (Fsp3) is 0.158. The van der Waals surface area contributed by atoms with Crippen LogP contribution in [0.2, 0.25) is 0 Å². The van der Waals surface area contributed by atoms with Gasteiger partial charge in [0.25, 0.3) is 10.0 Å². The molecule has 1 N–H and O–H groups in total. The number of hydrogen-bond donors (Lipinski definition) is 1. The molecule has 6 heteroatoms. The number of benzene rings is 2. The molecule has 0 amide bonds. The van der Waals surface area contributed by atoms with Crippen LogP contribution in [0.15, 0.2) is 58.8 Å². The first-order valence-electron chi connectivity index (χ1n) is 8.10. The van der Waals surface area contributed by atoms with E-state index in [0.717, 1.165) is 33.2 Å². The second-order valence-corrected chi connectivity index (χ2v) is 9.16. The van der Waals surface area contributed by atoms with E-state index in [1.807, 2.05) is 43.3 Å². The van der Waals surface area contributed by atoms with Crippen LogP contribution in [0.3, 0.4) is 0 Å². The highest BCUT2D eigenvalue weighted by Crippen LogP contribution is 2.32. The van der Waals surface area contributed by atoms with E-state index in [2.05, 4.69) is 28.3 Å². The van der Waals surface area contributed by atoms with E-state index in [1.165, 1.54) is 11.3 Å². The van der Waals surface area contributed by atoms with Crippen LogP contribution in [0, 0.1) is 6.92 Å². The Morgan fingerprint density at radius 2 is 1.76 bits per heavy atom. The first-order valence-corrected chi connectivity index (χ1v) is 10.4. The van der Waals surface area contributed by atoms with E-state index in [0.29, 0.717) is 9.90 Å². The number of nitrogens with zero attached hydrogens (tertiary/aromatic N) is 1. The second-order valence-electron chi connectivity index (χ2n) is 5.96. The Kier molecular flexibility index (Phi) is 3.81. The molecule has 0 atom stereocenters. The Bertz CT molecular complexity index is 1190. The third-order valence-corrected chi connectivity index (χ3v) is 7.20. The van der Waals surface area contributed by atoms with E-state index in [-0.39, 0.29) is 0 Å². The average Bonchev–Trinajstić information content (AvgIpc) is 3.16. The lowest BCUT2D eigenvalue weighted by Crippen LogP contribution is -2.11. The van der Waals surface area contributed by atoms with Crippen molar-refractivity contribution in [3.8, 4) is 0 Å². The standard InChI is InChI=1S/C19H18N2O2S2/c1-3-21-17-7-5-4-6-15(17)16-12-14(9-10-18(16)21)20-25(22,23)19-11-8-13(2)24-19/h4-12,20H,3H2,1-2H3. The largest absolute Gasteiger partial charge is 0.341 e. The van der Waals surface area contributed by atoms with Gasteiger partial charge in [0.1, 0.15) is 4.21 Å². The molecule has 4 aromatic rings. The van der Waals surface area contributed by atoms with Gasteiger partial charge in [-0.05, 0) is 50.2 Å². The van der Waals surface area contributed by atoms with Crippen molar-refractivity contribution in [2.24, 2.45) is 0 Å². The summed E-state index contributed by atoms with van der Waals surface area (Å²) in [6.45, 7) is 4.88. The molecule has 0 saturated heterocycles. The Morgan fingerprint density at radius 1 is 1.00 bits per heavy atom. The lowest BCUT2D eigenvalue weighted by Gasteiger charge is -2.07. The zero-order valence-corrected chi connectivity index (χ0v) is 15.6. The van der Waals surface area contributed by atoms with Crippen molar-refractivity contribution in [3.05, 3.63) is 59.5 Å². The summed E-state index contributed by atoms with van der Waals surface area (Å²) in [6.07, 6.45) is 0. The summed E-state index contributed by atoms with van der Waals surface area (Å²) < 4.78 is 30.4. The quantitative estimate of drug-likeness (QED) is 0.550. The van der Waals surface area contributed by atoms with Crippen LogP contribution in [0.4, 0.5) is 5.69 Å². The molecule has 0 fully saturated rings. The SMILES string of the molecule is CCn1c2ccccc2c2cc(NS(=O)(=O)c3ccc(C)s3)ccc21. The van der Waals surface area contributed by atoms with Crippen LogP contribution >= 0.6 is 11.3 Å². The molecule has 0 aliphatic carbocycles. The third-order valence-electron chi connectivity index (χ3n) is 4.32. The Morgan fingerprint density at radius 3 is 2.48 bits per heavy atom. The smallest absolute Gasteiger partial charge is 0.271 e. The summed E-state index contributed by atoms with van der Waals surface area (Å²) in [5.74, 6) is 0. The Labute approximate surface area is 150 Å². The van der Waals surface area contributed by atoms with Crippen LogP contribution in [-0.2, 0) is 16.6 Å². The predicted octanol–water partition coefficient (Wildman–Crippen LogP) is 4.99. The highest BCUT2D eigenvalue weighted by Gasteiger charge is 2.17. The number of fused-ring (bicyclic) bond motifs is 3. The minimum absolute atomic E-state index is 0.334. The summed E-state index contributed by atoms with van der Waals surface area (Å²) in [5.41, 5.74) is 2.85. The fourth-order valence-electron chi connectivity index (χ4n) is 3.22. The van der Waals surface area contributed by atoms with E-state index in [1.54, 1.807) is 6.07 Å². The first kappa shape index (κ1) is 16.2. The molecule has 0 spiro atoms. The maximum absolute atomic E-state index is 12.6. The molecular weight excluding hydrogens is 352 g/mol. The molecule has 128 valence electrons. The van der Waals surface area contributed by atoms with Gasteiger partial charge in [-0.25, -0.2) is 8.42 Å². The van der Waals surface area contributed by atoms with Gasteiger partial charge in [0.15, 0.2) is 0 Å². The molecule has 4 rings (SSSR count). The highest BCUT2D eigenvalue weighted by atomic mass is 32.2. The number of thiophene rings is 1. The molecule has 0 aliphatic heterocycles. The van der Waals surface area contributed by atoms with Gasteiger partial charge in [-0.3, -0.25) is 4.72 Å². The number of anilines is 1. The third kappa shape index (κ3) is 2.71. The number of para-hydroxylation sites is 1. The van der Waals surface area contributed by atoms with Crippen molar-refractivity contribution < 1.29 is 8.42 Å². The van der Waals surface area contributed by atoms with Gasteiger partial charge < -0.3 is 4.57 Å². The summed E-state index contributed by atoms with van der Waals surface area (Å²) in [7, 11) is -3.55. The van der Waals surface area contributed by atoms with E-state index in [4.69, 9.17) is 0 Å². The predicted molar refractivity (Wildman–Crippen MR) is 105 cm³/mol. The number of aryl methyl sites for hydroxylation is 2. The number of sulfonamides is 1. The van der Waals surface area contributed by atoms with Gasteiger partial charge in [-0.1, -0.05) is 18.2 Å². The number of aromatic nitrogens is 1.